The fourth-order valence-corrected chi connectivity index (χ4v) is 12.7. The zero-order valence-corrected chi connectivity index (χ0v) is 42.8. The number of ketones is 1. The molecule has 3 saturated carbocycles. The van der Waals surface area contributed by atoms with Crippen molar-refractivity contribution in [3.8, 4) is 0 Å². The lowest BCUT2D eigenvalue weighted by molar-refractivity contribution is -0.150. The van der Waals surface area contributed by atoms with Gasteiger partial charge in [0.1, 0.15) is 19.8 Å². The Balaban J connectivity index is 1.80. The second kappa shape index (κ2) is 21.4. The Morgan fingerprint density at radius 3 is 1.19 bits per heavy atom. The van der Waals surface area contributed by atoms with Gasteiger partial charge in [-0.3, -0.25) is 14.4 Å². The van der Waals surface area contributed by atoms with Crippen LogP contribution in [0.4, 0.5) is 0 Å². The molecule has 6 atom stereocenters. The number of ether oxygens (including phenoxy) is 4. The quantitative estimate of drug-likeness (QED) is 0.0524. The predicted molar refractivity (Wildman–Crippen MR) is 255 cm³/mol. The summed E-state index contributed by atoms with van der Waals surface area (Å²) in [5.41, 5.74) is -4.01. The first-order chi connectivity index (χ1) is 30.8. The van der Waals surface area contributed by atoms with E-state index in [-0.39, 0.29) is 84.8 Å². The number of nitrogens with zero attached hydrogens (tertiary/aromatic N) is 3. The monoisotopic (exact) mass is 940 g/mol. The zero-order valence-electron chi connectivity index (χ0n) is 42.8. The third-order valence-corrected chi connectivity index (χ3v) is 14.4. The van der Waals surface area contributed by atoms with Crippen molar-refractivity contribution in [1.29, 1.82) is 0 Å². The minimum atomic E-state index is -0.659. The maximum absolute atomic E-state index is 15.4. The van der Waals surface area contributed by atoms with Crippen molar-refractivity contribution >= 4 is 29.7 Å². The lowest BCUT2D eigenvalue weighted by Crippen LogP contribution is -2.60. The van der Waals surface area contributed by atoms with E-state index in [1.807, 2.05) is 0 Å². The van der Waals surface area contributed by atoms with Crippen LogP contribution in [0.2, 0.25) is 0 Å². The Labute approximate surface area is 397 Å². The molecule has 15 nitrogen and oxygen atoms in total. The summed E-state index contributed by atoms with van der Waals surface area (Å²) in [5.74, 6) is -2.19. The smallest absolute Gasteiger partial charge is 0.336 e. The number of aromatic nitrogens is 3. The molecule has 6 unspecified atom stereocenters. The molecule has 0 radical (unpaired) electrons. The maximum atomic E-state index is 15.4. The minimum Gasteiger partial charge on any atom is -0.466 e. The SMILES string of the molecule is C=C(C)C(=O)OCCOC(=O)CCC1(C)CC(n2c(=O)n(C3CC(C)(C)CC(C)(CCC(=O)COC(=O)C(=C)C)C3)c(=O)n(C3CC(C)(C)CC(C)(CCC(=O)OCC)C3)c2=O)CC(C)(C)C1. The Morgan fingerprint density at radius 2 is 0.836 bits per heavy atom. The molecular formula is C52H81N3O12. The van der Waals surface area contributed by atoms with Crippen molar-refractivity contribution in [2.24, 2.45) is 32.5 Å². The van der Waals surface area contributed by atoms with Crippen LogP contribution in [-0.2, 0) is 42.9 Å². The minimum absolute atomic E-state index is 0.0719. The second-order valence-corrected chi connectivity index (χ2v) is 23.9. The van der Waals surface area contributed by atoms with Crippen molar-refractivity contribution in [2.45, 2.75) is 198 Å². The van der Waals surface area contributed by atoms with Crippen molar-refractivity contribution in [2.75, 3.05) is 26.4 Å². The van der Waals surface area contributed by atoms with Crippen molar-refractivity contribution in [3.05, 3.63) is 55.8 Å². The van der Waals surface area contributed by atoms with Gasteiger partial charge < -0.3 is 18.9 Å². The molecule has 0 N–H and O–H groups in total. The molecule has 1 heterocycles. The van der Waals surface area contributed by atoms with Crippen LogP contribution >= 0.6 is 0 Å². The molecule has 4 rings (SSSR count). The average molecular weight is 940 g/mol. The van der Waals surface area contributed by atoms with Gasteiger partial charge in [0.2, 0.25) is 0 Å². The van der Waals surface area contributed by atoms with Gasteiger partial charge >= 0.3 is 40.9 Å². The third kappa shape index (κ3) is 15.0. The molecule has 3 fully saturated rings. The number of hydrogen-bond acceptors (Lipinski definition) is 12. The first-order valence-corrected chi connectivity index (χ1v) is 24.3. The van der Waals surface area contributed by atoms with Gasteiger partial charge in [-0.2, -0.15) is 0 Å². The largest absolute Gasteiger partial charge is 0.466 e. The Kier molecular flexibility index (Phi) is 17.6. The highest BCUT2D eigenvalue weighted by Crippen LogP contribution is 2.55. The van der Waals surface area contributed by atoms with E-state index in [4.69, 9.17) is 18.9 Å². The molecule has 0 spiro atoms. The van der Waals surface area contributed by atoms with Gasteiger partial charge in [-0.1, -0.05) is 75.5 Å². The fraction of sp³-hybridized carbons (Fsp3) is 0.769. The van der Waals surface area contributed by atoms with Crippen LogP contribution in [0.25, 0.3) is 0 Å². The molecule has 376 valence electrons. The Morgan fingerprint density at radius 1 is 0.507 bits per heavy atom. The molecule has 3 aliphatic carbocycles. The van der Waals surface area contributed by atoms with Gasteiger partial charge in [-0.25, -0.2) is 37.7 Å². The summed E-state index contributed by atoms with van der Waals surface area (Å²) in [7, 11) is 0. The molecule has 1 aromatic heterocycles. The molecule has 0 amide bonds. The van der Waals surface area contributed by atoms with Crippen molar-refractivity contribution < 1.29 is 42.9 Å². The molecule has 0 saturated heterocycles. The standard InChI is InChI=1S/C52H81N3O12/c1-15-64-40(57)17-20-51(13)28-37(25-48(8,9)32-51)54-44(61)53(36-24-47(6,7)31-50(12,27-36)19-16-39(56)30-67-43(60)35(4)5)45(62)55(46(54)63)38-26-49(10,11)33-52(14,29-38)21-18-41(58)65-22-23-66-42(59)34(2)3/h36-38H,2,4,15-33H2,1,3,5-14H3. The summed E-state index contributed by atoms with van der Waals surface area (Å²) < 4.78 is 24.9. The van der Waals surface area contributed by atoms with E-state index < -0.39 is 69.3 Å². The van der Waals surface area contributed by atoms with E-state index in [1.54, 1.807) is 6.92 Å². The van der Waals surface area contributed by atoms with E-state index in [0.717, 1.165) is 6.42 Å². The lowest BCUT2D eigenvalue weighted by atomic mass is 9.61. The number of rotatable bonds is 20. The highest BCUT2D eigenvalue weighted by Gasteiger charge is 2.48. The fourth-order valence-electron chi connectivity index (χ4n) is 12.7. The van der Waals surface area contributed by atoms with Gasteiger partial charge in [0.05, 0.1) is 6.61 Å². The van der Waals surface area contributed by atoms with Gasteiger partial charge in [0, 0.05) is 48.5 Å². The molecule has 3 aliphatic rings. The van der Waals surface area contributed by atoms with Crippen LogP contribution in [0.1, 0.15) is 198 Å². The molecule has 1 aromatic rings. The van der Waals surface area contributed by atoms with E-state index >= 15 is 14.4 Å². The lowest BCUT2D eigenvalue weighted by Gasteiger charge is -2.49. The Bertz CT molecular complexity index is 2240. The van der Waals surface area contributed by atoms with Crippen LogP contribution in [0, 0.1) is 32.5 Å². The summed E-state index contributed by atoms with van der Waals surface area (Å²) in [6.07, 6.45) is 6.64. The van der Waals surface area contributed by atoms with E-state index in [2.05, 4.69) is 75.5 Å². The summed E-state index contributed by atoms with van der Waals surface area (Å²) in [6.45, 7) is 30.5. The van der Waals surface area contributed by atoms with Crippen molar-refractivity contribution in [1.82, 2.24) is 13.7 Å². The van der Waals surface area contributed by atoms with Crippen LogP contribution in [0.5, 0.6) is 0 Å². The number of carbonyl (C=O) groups is 5. The van der Waals surface area contributed by atoms with E-state index in [9.17, 15) is 24.0 Å². The summed E-state index contributed by atoms with van der Waals surface area (Å²) in [4.78, 5) is 109. The highest BCUT2D eigenvalue weighted by atomic mass is 16.6. The van der Waals surface area contributed by atoms with Crippen LogP contribution in [0.3, 0.4) is 0 Å². The van der Waals surface area contributed by atoms with Crippen LogP contribution in [0.15, 0.2) is 38.7 Å². The predicted octanol–water partition coefficient (Wildman–Crippen LogP) is 8.70. The first-order valence-electron chi connectivity index (χ1n) is 24.3. The highest BCUT2D eigenvalue weighted by molar-refractivity contribution is 5.89. The molecule has 0 aliphatic heterocycles. The summed E-state index contributed by atoms with van der Waals surface area (Å²) in [6, 6.07) is -1.80. The molecular weight excluding hydrogens is 859 g/mol. The third-order valence-electron chi connectivity index (χ3n) is 14.4. The maximum Gasteiger partial charge on any atom is 0.336 e. The van der Waals surface area contributed by atoms with Gasteiger partial charge in [-0.15, -0.1) is 0 Å². The normalized spacial score (nSPS) is 27.6. The number of esters is 4. The molecule has 67 heavy (non-hydrogen) atoms. The van der Waals surface area contributed by atoms with Gasteiger partial charge in [-0.05, 0) is 130 Å². The molecule has 15 heteroatoms. The van der Waals surface area contributed by atoms with Crippen molar-refractivity contribution in [3.63, 3.8) is 0 Å². The molecule has 0 bridgehead atoms. The number of Topliss-reactive ketones (excluding diaryl/α,β-unsaturated/α-hetero) is 1. The van der Waals surface area contributed by atoms with Crippen LogP contribution in [-0.4, -0.2) is 69.8 Å². The van der Waals surface area contributed by atoms with Gasteiger partial charge in [0.15, 0.2) is 5.78 Å². The van der Waals surface area contributed by atoms with Gasteiger partial charge in [0.25, 0.3) is 0 Å². The summed E-state index contributed by atoms with van der Waals surface area (Å²) >= 11 is 0. The zero-order chi connectivity index (χ0) is 50.5. The first kappa shape index (κ1) is 55.0. The number of hydrogen-bond donors (Lipinski definition) is 0. The second-order valence-electron chi connectivity index (χ2n) is 23.9. The topological polar surface area (TPSA) is 188 Å². The molecule has 0 aromatic carbocycles. The van der Waals surface area contributed by atoms with Crippen LogP contribution < -0.4 is 17.1 Å². The summed E-state index contributed by atoms with van der Waals surface area (Å²) in [5, 5.41) is 0. The number of carbonyl (C=O) groups excluding carboxylic acids is 5. The average Bonchev–Trinajstić information content (AvgIpc) is 3.17. The van der Waals surface area contributed by atoms with E-state index in [1.165, 1.54) is 27.5 Å². The Hall–Kier alpha value is -4.56. The van der Waals surface area contributed by atoms with E-state index in [0.29, 0.717) is 70.6 Å².